The molecule has 0 amide bonds. The molecule has 3 heteroatoms. The van der Waals surface area contributed by atoms with Gasteiger partial charge < -0.3 is 10.1 Å². The molecule has 1 unspecified atom stereocenters. The standard InChI is InChI=1S/C12H26N2O/c1-11(10-15-4)13-7-9-14-8-5-6-12(14,2)3/h11,13H,5-10H2,1-4H3. The summed E-state index contributed by atoms with van der Waals surface area (Å²) < 4.78 is 5.09. The Morgan fingerprint density at radius 1 is 1.47 bits per heavy atom. The molecule has 0 radical (unpaired) electrons. The lowest BCUT2D eigenvalue weighted by Gasteiger charge is -2.31. The van der Waals surface area contributed by atoms with Crippen LogP contribution in [-0.4, -0.2) is 49.8 Å². The van der Waals surface area contributed by atoms with Crippen molar-refractivity contribution in [1.29, 1.82) is 0 Å². The van der Waals surface area contributed by atoms with Gasteiger partial charge in [0.25, 0.3) is 0 Å². The van der Waals surface area contributed by atoms with Gasteiger partial charge in [-0.25, -0.2) is 0 Å². The fourth-order valence-corrected chi connectivity index (χ4v) is 2.33. The van der Waals surface area contributed by atoms with Crippen LogP contribution in [0, 0.1) is 0 Å². The first-order valence-corrected chi connectivity index (χ1v) is 6.03. The quantitative estimate of drug-likeness (QED) is 0.725. The Hall–Kier alpha value is -0.120. The predicted molar refractivity (Wildman–Crippen MR) is 64.2 cm³/mol. The molecule has 15 heavy (non-hydrogen) atoms. The number of nitrogens with zero attached hydrogens (tertiary/aromatic N) is 1. The summed E-state index contributed by atoms with van der Waals surface area (Å²) >= 11 is 0. The molecule has 1 rings (SSSR count). The number of rotatable bonds is 6. The second-order valence-corrected chi connectivity index (χ2v) is 5.21. The van der Waals surface area contributed by atoms with E-state index >= 15 is 0 Å². The van der Waals surface area contributed by atoms with Gasteiger partial charge in [-0.05, 0) is 40.2 Å². The van der Waals surface area contributed by atoms with E-state index in [0.29, 0.717) is 11.6 Å². The van der Waals surface area contributed by atoms with Gasteiger partial charge in [0, 0.05) is 31.8 Å². The number of nitrogens with one attached hydrogen (secondary N) is 1. The zero-order chi connectivity index (χ0) is 11.3. The summed E-state index contributed by atoms with van der Waals surface area (Å²) in [6, 6.07) is 0.459. The maximum atomic E-state index is 5.09. The number of ether oxygens (including phenoxy) is 1. The Morgan fingerprint density at radius 3 is 2.73 bits per heavy atom. The predicted octanol–water partition coefficient (Wildman–Crippen LogP) is 1.49. The van der Waals surface area contributed by atoms with Crippen LogP contribution < -0.4 is 5.32 Å². The molecule has 1 aliphatic rings. The van der Waals surface area contributed by atoms with E-state index in [1.165, 1.54) is 19.4 Å². The van der Waals surface area contributed by atoms with Gasteiger partial charge in [-0.1, -0.05) is 0 Å². The largest absolute Gasteiger partial charge is 0.383 e. The summed E-state index contributed by atoms with van der Waals surface area (Å²) in [5.41, 5.74) is 0.409. The molecule has 0 aromatic heterocycles. The molecule has 1 atom stereocenters. The molecule has 1 N–H and O–H groups in total. The molecular weight excluding hydrogens is 188 g/mol. The van der Waals surface area contributed by atoms with E-state index in [1.807, 2.05) is 0 Å². The van der Waals surface area contributed by atoms with Crippen molar-refractivity contribution in [1.82, 2.24) is 10.2 Å². The Labute approximate surface area is 94.2 Å². The highest BCUT2D eigenvalue weighted by molar-refractivity contribution is 4.87. The first-order valence-electron chi connectivity index (χ1n) is 6.03. The normalized spacial score (nSPS) is 23.2. The maximum Gasteiger partial charge on any atom is 0.0613 e. The summed E-state index contributed by atoms with van der Waals surface area (Å²) in [7, 11) is 1.75. The van der Waals surface area contributed by atoms with Gasteiger partial charge in [-0.3, -0.25) is 4.90 Å². The molecule has 0 aromatic carbocycles. The molecule has 0 aliphatic carbocycles. The number of hydrogen-bond acceptors (Lipinski definition) is 3. The first-order chi connectivity index (χ1) is 7.06. The lowest BCUT2D eigenvalue weighted by atomic mass is 10.0. The van der Waals surface area contributed by atoms with Crippen molar-refractivity contribution in [3.05, 3.63) is 0 Å². The second kappa shape index (κ2) is 5.83. The van der Waals surface area contributed by atoms with Gasteiger partial charge >= 0.3 is 0 Å². The molecule has 0 spiro atoms. The summed E-state index contributed by atoms with van der Waals surface area (Å²) in [6.07, 6.45) is 2.68. The molecule has 1 fully saturated rings. The van der Waals surface area contributed by atoms with Crippen LogP contribution >= 0.6 is 0 Å². The summed E-state index contributed by atoms with van der Waals surface area (Å²) in [5.74, 6) is 0. The number of hydrogen-bond donors (Lipinski definition) is 1. The third-order valence-corrected chi connectivity index (χ3v) is 3.36. The van der Waals surface area contributed by atoms with Crippen molar-refractivity contribution in [3.8, 4) is 0 Å². The van der Waals surface area contributed by atoms with Crippen molar-refractivity contribution >= 4 is 0 Å². The fraction of sp³-hybridized carbons (Fsp3) is 1.00. The average Bonchev–Trinajstić information content (AvgIpc) is 2.46. The third-order valence-electron chi connectivity index (χ3n) is 3.36. The third kappa shape index (κ3) is 4.09. The highest BCUT2D eigenvalue weighted by Crippen LogP contribution is 2.27. The Bertz CT molecular complexity index is 182. The topological polar surface area (TPSA) is 24.5 Å². The minimum Gasteiger partial charge on any atom is -0.383 e. The molecule has 1 saturated heterocycles. The molecule has 0 aromatic rings. The summed E-state index contributed by atoms with van der Waals surface area (Å²) in [5, 5.41) is 3.48. The zero-order valence-electron chi connectivity index (χ0n) is 10.7. The zero-order valence-corrected chi connectivity index (χ0v) is 10.7. The van der Waals surface area contributed by atoms with Gasteiger partial charge in [0.05, 0.1) is 6.61 Å². The van der Waals surface area contributed by atoms with Crippen molar-refractivity contribution in [2.75, 3.05) is 33.4 Å². The van der Waals surface area contributed by atoms with Gasteiger partial charge in [0.2, 0.25) is 0 Å². The molecule has 3 nitrogen and oxygen atoms in total. The van der Waals surface area contributed by atoms with Gasteiger partial charge in [-0.15, -0.1) is 0 Å². The molecule has 1 aliphatic heterocycles. The van der Waals surface area contributed by atoms with Crippen LogP contribution in [0.4, 0.5) is 0 Å². The lowest BCUT2D eigenvalue weighted by Crippen LogP contribution is -2.44. The lowest BCUT2D eigenvalue weighted by molar-refractivity contribution is 0.155. The summed E-state index contributed by atoms with van der Waals surface area (Å²) in [4.78, 5) is 2.58. The maximum absolute atomic E-state index is 5.09. The highest BCUT2D eigenvalue weighted by Gasteiger charge is 2.30. The van der Waals surface area contributed by atoms with Gasteiger partial charge in [-0.2, -0.15) is 0 Å². The van der Waals surface area contributed by atoms with Crippen LogP contribution in [0.1, 0.15) is 33.6 Å². The smallest absolute Gasteiger partial charge is 0.0613 e. The average molecular weight is 214 g/mol. The molecule has 0 bridgehead atoms. The molecular formula is C12H26N2O. The Morgan fingerprint density at radius 2 is 2.20 bits per heavy atom. The molecule has 90 valence electrons. The summed E-state index contributed by atoms with van der Waals surface area (Å²) in [6.45, 7) is 11.1. The van der Waals surface area contributed by atoms with Gasteiger partial charge in [0.1, 0.15) is 0 Å². The van der Waals surface area contributed by atoms with E-state index in [0.717, 1.165) is 19.7 Å². The van der Waals surface area contributed by atoms with Crippen LogP contribution in [0.15, 0.2) is 0 Å². The molecule has 0 saturated carbocycles. The van der Waals surface area contributed by atoms with E-state index in [4.69, 9.17) is 4.74 Å². The minimum absolute atomic E-state index is 0.409. The second-order valence-electron chi connectivity index (χ2n) is 5.21. The SMILES string of the molecule is COCC(C)NCCN1CCCC1(C)C. The van der Waals surface area contributed by atoms with Crippen molar-refractivity contribution < 1.29 is 4.74 Å². The van der Waals surface area contributed by atoms with E-state index in [9.17, 15) is 0 Å². The van der Waals surface area contributed by atoms with E-state index < -0.39 is 0 Å². The fourth-order valence-electron chi connectivity index (χ4n) is 2.33. The Balaban J connectivity index is 2.14. The van der Waals surface area contributed by atoms with Crippen molar-refractivity contribution in [2.24, 2.45) is 0 Å². The highest BCUT2D eigenvalue weighted by atomic mass is 16.5. The molecule has 1 heterocycles. The van der Waals surface area contributed by atoms with Crippen LogP contribution in [-0.2, 0) is 4.74 Å². The monoisotopic (exact) mass is 214 g/mol. The van der Waals surface area contributed by atoms with Crippen LogP contribution in [0.3, 0.4) is 0 Å². The van der Waals surface area contributed by atoms with E-state index in [-0.39, 0.29) is 0 Å². The van der Waals surface area contributed by atoms with Crippen LogP contribution in [0.2, 0.25) is 0 Å². The number of methoxy groups -OCH3 is 1. The first kappa shape index (κ1) is 12.9. The van der Waals surface area contributed by atoms with Crippen molar-refractivity contribution in [3.63, 3.8) is 0 Å². The van der Waals surface area contributed by atoms with Crippen molar-refractivity contribution in [2.45, 2.75) is 45.2 Å². The minimum atomic E-state index is 0.409. The Kier molecular flexibility index (Phi) is 5.03. The van der Waals surface area contributed by atoms with E-state index in [2.05, 4.69) is 31.0 Å². The van der Waals surface area contributed by atoms with Crippen LogP contribution in [0.5, 0.6) is 0 Å². The van der Waals surface area contributed by atoms with E-state index in [1.54, 1.807) is 7.11 Å². The van der Waals surface area contributed by atoms with Crippen LogP contribution in [0.25, 0.3) is 0 Å². The van der Waals surface area contributed by atoms with Gasteiger partial charge in [0.15, 0.2) is 0 Å². The number of likely N-dealkylation sites (tertiary alicyclic amines) is 1.